The number of carbonyl (C=O) groups is 2. The molecule has 24 heavy (non-hydrogen) atoms. The van der Waals surface area contributed by atoms with E-state index >= 15 is 0 Å². The number of hydrogen-bond donors (Lipinski definition) is 1. The fourth-order valence-electron chi connectivity index (χ4n) is 2.20. The third-order valence-electron chi connectivity index (χ3n) is 3.45. The second-order valence-electron chi connectivity index (χ2n) is 5.54. The number of benzene rings is 2. The zero-order chi connectivity index (χ0) is 17.7. The number of anilines is 1. The summed E-state index contributed by atoms with van der Waals surface area (Å²) >= 11 is 12.1. The standard InChI is InChI=1S/C18H18Cl2N2O2/c1-22(2)18(24)13-6-3-7-14(11-13)21-16(23)10-9-12-5-4-8-15(19)17(12)20/h3-8,11H,9-10H2,1-2H3,(H,21,23). The Morgan fingerprint density at radius 1 is 1.08 bits per heavy atom. The van der Waals surface area contributed by atoms with Gasteiger partial charge < -0.3 is 10.2 Å². The second kappa shape index (κ2) is 8.18. The van der Waals surface area contributed by atoms with Crippen LogP contribution in [-0.2, 0) is 11.2 Å². The largest absolute Gasteiger partial charge is 0.345 e. The number of nitrogens with zero attached hydrogens (tertiary/aromatic N) is 1. The highest BCUT2D eigenvalue weighted by molar-refractivity contribution is 6.42. The van der Waals surface area contributed by atoms with Crippen molar-refractivity contribution >= 4 is 40.7 Å². The summed E-state index contributed by atoms with van der Waals surface area (Å²) in [5.74, 6) is -0.266. The number of carbonyl (C=O) groups excluding carboxylic acids is 2. The molecule has 126 valence electrons. The fourth-order valence-corrected chi connectivity index (χ4v) is 2.62. The molecule has 0 aliphatic rings. The SMILES string of the molecule is CN(C)C(=O)c1cccc(NC(=O)CCc2cccc(Cl)c2Cl)c1. The monoisotopic (exact) mass is 364 g/mol. The van der Waals surface area contributed by atoms with Crippen LogP contribution in [0.4, 0.5) is 5.69 Å². The van der Waals surface area contributed by atoms with Gasteiger partial charge >= 0.3 is 0 Å². The maximum absolute atomic E-state index is 12.1. The normalized spacial score (nSPS) is 10.3. The summed E-state index contributed by atoms with van der Waals surface area (Å²) in [6.45, 7) is 0. The Kier molecular flexibility index (Phi) is 6.23. The number of amides is 2. The summed E-state index contributed by atoms with van der Waals surface area (Å²) < 4.78 is 0. The zero-order valence-electron chi connectivity index (χ0n) is 13.5. The quantitative estimate of drug-likeness (QED) is 0.861. The molecule has 0 fully saturated rings. The molecule has 2 amide bonds. The van der Waals surface area contributed by atoms with E-state index in [-0.39, 0.29) is 18.2 Å². The van der Waals surface area contributed by atoms with Gasteiger partial charge in [-0.05, 0) is 36.2 Å². The van der Waals surface area contributed by atoms with Crippen LogP contribution in [0.25, 0.3) is 0 Å². The molecule has 0 saturated heterocycles. The summed E-state index contributed by atoms with van der Waals surface area (Å²) in [5.41, 5.74) is 1.94. The number of aryl methyl sites for hydroxylation is 1. The van der Waals surface area contributed by atoms with E-state index in [0.29, 0.717) is 27.7 Å². The van der Waals surface area contributed by atoms with E-state index in [1.165, 1.54) is 4.90 Å². The van der Waals surface area contributed by atoms with Gasteiger partial charge in [0, 0.05) is 31.8 Å². The first-order valence-corrected chi connectivity index (χ1v) is 8.18. The molecule has 2 aromatic rings. The molecule has 2 aromatic carbocycles. The van der Waals surface area contributed by atoms with Crippen molar-refractivity contribution in [1.29, 1.82) is 0 Å². The minimum absolute atomic E-state index is 0.114. The van der Waals surface area contributed by atoms with Gasteiger partial charge in [-0.1, -0.05) is 41.4 Å². The molecule has 0 unspecified atom stereocenters. The average molecular weight is 365 g/mol. The van der Waals surface area contributed by atoms with E-state index in [2.05, 4.69) is 5.32 Å². The number of halogens is 2. The summed E-state index contributed by atoms with van der Waals surface area (Å²) in [5, 5.41) is 3.75. The highest BCUT2D eigenvalue weighted by Crippen LogP contribution is 2.26. The lowest BCUT2D eigenvalue weighted by Crippen LogP contribution is -2.22. The molecule has 0 aliphatic heterocycles. The number of hydrogen-bond acceptors (Lipinski definition) is 2. The molecule has 0 spiro atoms. The number of rotatable bonds is 5. The van der Waals surface area contributed by atoms with Gasteiger partial charge in [-0.3, -0.25) is 9.59 Å². The van der Waals surface area contributed by atoms with Crippen LogP contribution in [0, 0.1) is 0 Å². The lowest BCUT2D eigenvalue weighted by molar-refractivity contribution is -0.116. The molecule has 2 rings (SSSR count). The third-order valence-corrected chi connectivity index (χ3v) is 4.31. The van der Waals surface area contributed by atoms with Gasteiger partial charge in [0.25, 0.3) is 5.91 Å². The van der Waals surface area contributed by atoms with Gasteiger partial charge in [0.15, 0.2) is 0 Å². The Hall–Kier alpha value is -2.04. The third kappa shape index (κ3) is 4.73. The van der Waals surface area contributed by atoms with Gasteiger partial charge in [-0.25, -0.2) is 0 Å². The first-order valence-electron chi connectivity index (χ1n) is 7.43. The molecular formula is C18H18Cl2N2O2. The Balaban J connectivity index is 1.99. The predicted octanol–water partition coefficient (Wildman–Crippen LogP) is 4.27. The van der Waals surface area contributed by atoms with Gasteiger partial charge in [0.2, 0.25) is 5.91 Å². The molecule has 0 aliphatic carbocycles. The van der Waals surface area contributed by atoms with Crippen molar-refractivity contribution in [2.45, 2.75) is 12.8 Å². The highest BCUT2D eigenvalue weighted by atomic mass is 35.5. The maximum atomic E-state index is 12.1. The van der Waals surface area contributed by atoms with Crippen LogP contribution in [0.3, 0.4) is 0 Å². The topological polar surface area (TPSA) is 49.4 Å². The average Bonchev–Trinajstić information content (AvgIpc) is 2.55. The Morgan fingerprint density at radius 3 is 2.50 bits per heavy atom. The van der Waals surface area contributed by atoms with Crippen molar-refractivity contribution in [2.75, 3.05) is 19.4 Å². The summed E-state index contributed by atoms with van der Waals surface area (Å²) in [6.07, 6.45) is 0.757. The van der Waals surface area contributed by atoms with Crippen LogP contribution < -0.4 is 5.32 Å². The first kappa shape index (κ1) is 18.3. The second-order valence-corrected chi connectivity index (χ2v) is 6.33. The van der Waals surface area contributed by atoms with Crippen LogP contribution in [0.1, 0.15) is 22.3 Å². The van der Waals surface area contributed by atoms with E-state index in [1.54, 1.807) is 50.5 Å². The van der Waals surface area contributed by atoms with Crippen molar-refractivity contribution in [3.8, 4) is 0 Å². The minimum atomic E-state index is -0.152. The van der Waals surface area contributed by atoms with E-state index in [9.17, 15) is 9.59 Å². The summed E-state index contributed by atoms with van der Waals surface area (Å²) in [7, 11) is 3.37. The lowest BCUT2D eigenvalue weighted by Gasteiger charge is -2.12. The van der Waals surface area contributed by atoms with Crippen molar-refractivity contribution in [1.82, 2.24) is 4.90 Å². The van der Waals surface area contributed by atoms with Crippen LogP contribution in [0.2, 0.25) is 10.0 Å². The van der Waals surface area contributed by atoms with E-state index < -0.39 is 0 Å². The molecule has 1 N–H and O–H groups in total. The molecule has 0 saturated carbocycles. The number of nitrogens with one attached hydrogen (secondary N) is 1. The predicted molar refractivity (Wildman–Crippen MR) is 97.9 cm³/mol. The highest BCUT2D eigenvalue weighted by Gasteiger charge is 2.11. The summed E-state index contributed by atoms with van der Waals surface area (Å²) in [4.78, 5) is 25.6. The van der Waals surface area contributed by atoms with Gasteiger partial charge in [-0.15, -0.1) is 0 Å². The van der Waals surface area contributed by atoms with E-state index in [4.69, 9.17) is 23.2 Å². The van der Waals surface area contributed by atoms with Gasteiger partial charge in [0.1, 0.15) is 0 Å². The Morgan fingerprint density at radius 2 is 1.79 bits per heavy atom. The molecule has 0 heterocycles. The molecular weight excluding hydrogens is 347 g/mol. The summed E-state index contributed by atoms with van der Waals surface area (Å²) in [6, 6.07) is 12.2. The van der Waals surface area contributed by atoms with Crippen molar-refractivity contribution in [3.63, 3.8) is 0 Å². The lowest BCUT2D eigenvalue weighted by atomic mass is 10.1. The minimum Gasteiger partial charge on any atom is -0.345 e. The smallest absolute Gasteiger partial charge is 0.253 e. The van der Waals surface area contributed by atoms with Crippen LogP contribution in [0.5, 0.6) is 0 Å². The molecule has 0 atom stereocenters. The van der Waals surface area contributed by atoms with Crippen molar-refractivity contribution in [3.05, 3.63) is 63.6 Å². The van der Waals surface area contributed by atoms with E-state index in [1.807, 2.05) is 6.07 Å². The zero-order valence-corrected chi connectivity index (χ0v) is 15.0. The molecule has 4 nitrogen and oxygen atoms in total. The molecule has 0 aromatic heterocycles. The van der Waals surface area contributed by atoms with Crippen LogP contribution in [-0.4, -0.2) is 30.8 Å². The first-order chi connectivity index (χ1) is 11.4. The molecule has 0 bridgehead atoms. The van der Waals surface area contributed by atoms with Crippen molar-refractivity contribution in [2.24, 2.45) is 0 Å². The fraction of sp³-hybridized carbons (Fsp3) is 0.222. The Bertz CT molecular complexity index is 760. The van der Waals surface area contributed by atoms with Crippen LogP contribution >= 0.6 is 23.2 Å². The van der Waals surface area contributed by atoms with Gasteiger partial charge in [0.05, 0.1) is 10.0 Å². The van der Waals surface area contributed by atoms with Gasteiger partial charge in [-0.2, -0.15) is 0 Å². The van der Waals surface area contributed by atoms with E-state index in [0.717, 1.165) is 5.56 Å². The van der Waals surface area contributed by atoms with Crippen molar-refractivity contribution < 1.29 is 9.59 Å². The maximum Gasteiger partial charge on any atom is 0.253 e. The van der Waals surface area contributed by atoms with Crippen LogP contribution in [0.15, 0.2) is 42.5 Å². The molecule has 0 radical (unpaired) electrons. The Labute approximate surface area is 151 Å². The molecule has 6 heteroatoms.